The molecule has 5 aromatic rings. The number of hydrogen-bond acceptors (Lipinski definition) is 7. The summed E-state index contributed by atoms with van der Waals surface area (Å²) in [7, 11) is 2.28. The third kappa shape index (κ3) is 3.38. The first-order chi connectivity index (χ1) is 23.7. The van der Waals surface area contributed by atoms with Crippen LogP contribution in [0.1, 0.15) is 29.5 Å². The number of likely N-dealkylation sites (N-methyl/N-ethyl adjacent to an activating group) is 1. The van der Waals surface area contributed by atoms with Gasteiger partial charge in [0, 0.05) is 85.9 Å². The van der Waals surface area contributed by atoms with Crippen molar-refractivity contribution in [3.05, 3.63) is 139 Å². The van der Waals surface area contributed by atoms with E-state index < -0.39 is 0 Å². The largest absolute Gasteiger partial charge is 0.454 e. The van der Waals surface area contributed by atoms with E-state index in [2.05, 4.69) is 159 Å². The van der Waals surface area contributed by atoms with E-state index in [4.69, 9.17) is 4.42 Å². The second-order valence-corrected chi connectivity index (χ2v) is 14.3. The van der Waals surface area contributed by atoms with Gasteiger partial charge < -0.3 is 33.8 Å². The predicted octanol–water partition coefficient (Wildman–Crippen LogP) is 7.52. The molecule has 11 rings (SSSR count). The number of furan rings is 1. The zero-order valence-electron chi connectivity index (χ0n) is 27.1. The quantitative estimate of drug-likeness (QED) is 0.175. The van der Waals surface area contributed by atoms with Gasteiger partial charge in [0.05, 0.1) is 11.1 Å². The molecule has 0 N–H and O–H groups in total. The molecule has 1 aromatic heterocycles. The van der Waals surface area contributed by atoms with Crippen molar-refractivity contribution in [1.82, 2.24) is 14.7 Å². The van der Waals surface area contributed by atoms with E-state index in [1.165, 1.54) is 44.5 Å². The van der Waals surface area contributed by atoms with Gasteiger partial charge in [0.1, 0.15) is 24.1 Å². The lowest BCUT2D eigenvalue weighted by Crippen LogP contribution is -2.64. The molecule has 2 bridgehead atoms. The van der Waals surface area contributed by atoms with Crippen molar-refractivity contribution in [3.8, 4) is 0 Å². The first kappa shape index (κ1) is 26.7. The van der Waals surface area contributed by atoms with Crippen molar-refractivity contribution in [1.29, 1.82) is 0 Å². The topological polar surface area (TPSA) is 32.6 Å². The molecule has 0 saturated carbocycles. The van der Waals surface area contributed by atoms with E-state index in [0.717, 1.165) is 49.9 Å². The number of nitrogens with zero attached hydrogens (tertiary/aromatic N) is 6. The summed E-state index contributed by atoms with van der Waals surface area (Å²) in [6, 6.07) is 31.5. The Balaban J connectivity index is 1.24. The van der Waals surface area contributed by atoms with Crippen molar-refractivity contribution in [2.45, 2.75) is 49.6 Å². The Morgan fingerprint density at radius 2 is 1.38 bits per heavy atom. The molecule has 6 aliphatic rings. The molecule has 0 amide bonds. The average Bonchev–Trinajstić information content (AvgIpc) is 3.93. The van der Waals surface area contributed by atoms with Crippen LogP contribution in [0.25, 0.3) is 21.9 Å². The second-order valence-electron chi connectivity index (χ2n) is 14.3. The highest BCUT2D eigenvalue weighted by atomic mass is 16.3. The predicted molar refractivity (Wildman–Crippen MR) is 192 cm³/mol. The lowest BCUT2D eigenvalue weighted by Gasteiger charge is -2.51. The van der Waals surface area contributed by atoms with Gasteiger partial charge in [-0.3, -0.25) is 0 Å². The number of anilines is 3. The van der Waals surface area contributed by atoms with E-state index in [1.807, 2.05) is 0 Å². The summed E-state index contributed by atoms with van der Waals surface area (Å²) in [4.78, 5) is 15.5. The molecule has 1 spiro atoms. The Kier molecular flexibility index (Phi) is 5.36. The molecule has 0 radical (unpaired) electrons. The monoisotopic (exact) mass is 630 g/mol. The van der Waals surface area contributed by atoms with Crippen LogP contribution in [0.3, 0.4) is 0 Å². The minimum Gasteiger partial charge on any atom is -0.454 e. The molecule has 6 aliphatic heterocycles. The molecule has 7 heterocycles. The molecule has 238 valence electrons. The van der Waals surface area contributed by atoms with Crippen molar-refractivity contribution < 1.29 is 4.42 Å². The zero-order valence-corrected chi connectivity index (χ0v) is 27.1. The SMILES string of the molecule is CN1C=CN2c3c(ccc4c3oc3ccccc34)CCc3ccccc3N3C=CN4CCCN5C=CN6c7ccccc7C(CC43)(C12)C56. The van der Waals surface area contributed by atoms with Gasteiger partial charge in [-0.2, -0.15) is 0 Å². The second kappa shape index (κ2) is 9.63. The summed E-state index contributed by atoms with van der Waals surface area (Å²) in [6.45, 7) is 2.04. The average molecular weight is 631 g/mol. The molecule has 7 nitrogen and oxygen atoms in total. The van der Waals surface area contributed by atoms with Gasteiger partial charge in [0.2, 0.25) is 0 Å². The van der Waals surface area contributed by atoms with Gasteiger partial charge in [-0.15, -0.1) is 0 Å². The number of rotatable bonds is 0. The number of aryl methyl sites for hydroxylation is 2. The lowest BCUT2D eigenvalue weighted by molar-refractivity contribution is 0.0985. The number of para-hydroxylation sites is 3. The maximum Gasteiger partial charge on any atom is 0.159 e. The molecule has 4 atom stereocenters. The van der Waals surface area contributed by atoms with Crippen LogP contribution in [-0.4, -0.2) is 53.3 Å². The van der Waals surface area contributed by atoms with Gasteiger partial charge >= 0.3 is 0 Å². The van der Waals surface area contributed by atoms with Gasteiger partial charge in [-0.05, 0) is 54.2 Å². The molecular weight excluding hydrogens is 592 g/mol. The Morgan fingerprint density at radius 3 is 2.33 bits per heavy atom. The number of benzene rings is 4. The van der Waals surface area contributed by atoms with Gasteiger partial charge in [-0.1, -0.05) is 66.7 Å². The summed E-state index contributed by atoms with van der Waals surface area (Å²) in [5.41, 5.74) is 9.59. The highest BCUT2D eigenvalue weighted by molar-refractivity contribution is 6.09. The fourth-order valence-corrected chi connectivity index (χ4v) is 10.1. The highest BCUT2D eigenvalue weighted by Crippen LogP contribution is 2.58. The standard InChI is InChI=1S/C41H38N6O/c1-42-21-24-47-37-29(17-18-31-30-10-3-7-14-35(30)48-38(31)37)16-15-28-9-2-5-12-33(28)45-25-22-43-19-8-20-44-23-26-46-34-13-6-4-11-32(34)41(39(42)47,40(44)46)27-36(43)45/h2-7,9-14,17-18,21-26,36,39-40H,8,15-16,19-20,27H2,1H3. The number of hydrogen-bond donors (Lipinski definition) is 0. The van der Waals surface area contributed by atoms with Crippen LogP contribution in [0.15, 0.2) is 127 Å². The van der Waals surface area contributed by atoms with Crippen LogP contribution < -0.4 is 14.7 Å². The molecule has 4 unspecified atom stereocenters. The number of fused-ring (bicyclic) bond motifs is 11. The van der Waals surface area contributed by atoms with Crippen molar-refractivity contribution in [2.75, 3.05) is 34.8 Å². The normalized spacial score (nSPS) is 26.6. The van der Waals surface area contributed by atoms with Gasteiger partial charge in [-0.25, -0.2) is 0 Å². The molecule has 4 aromatic carbocycles. The summed E-state index contributed by atoms with van der Waals surface area (Å²) in [5.74, 6) is 0. The van der Waals surface area contributed by atoms with E-state index in [0.29, 0.717) is 0 Å². The first-order valence-electron chi connectivity index (χ1n) is 17.4. The van der Waals surface area contributed by atoms with Gasteiger partial charge in [0.25, 0.3) is 0 Å². The molecule has 7 heteroatoms. The van der Waals surface area contributed by atoms with Crippen LogP contribution in [0.2, 0.25) is 0 Å². The van der Waals surface area contributed by atoms with E-state index in [1.54, 1.807) is 0 Å². The van der Waals surface area contributed by atoms with Crippen molar-refractivity contribution in [3.63, 3.8) is 0 Å². The smallest absolute Gasteiger partial charge is 0.159 e. The van der Waals surface area contributed by atoms with Crippen LogP contribution in [0.4, 0.5) is 17.1 Å². The van der Waals surface area contributed by atoms with Crippen LogP contribution in [0.5, 0.6) is 0 Å². The maximum atomic E-state index is 6.88. The minimum absolute atomic E-state index is 0.00526. The molecule has 48 heavy (non-hydrogen) atoms. The van der Waals surface area contributed by atoms with E-state index in [-0.39, 0.29) is 23.9 Å². The van der Waals surface area contributed by atoms with Crippen LogP contribution in [0, 0.1) is 0 Å². The summed E-state index contributed by atoms with van der Waals surface area (Å²) >= 11 is 0. The first-order valence-corrected chi connectivity index (χ1v) is 17.4. The van der Waals surface area contributed by atoms with E-state index in [9.17, 15) is 0 Å². The third-order valence-electron chi connectivity index (χ3n) is 12.0. The molecular formula is C41H38N6O. The van der Waals surface area contributed by atoms with Crippen LogP contribution in [-0.2, 0) is 18.3 Å². The molecule has 1 fully saturated rings. The Labute approximate surface area is 280 Å². The Bertz CT molecular complexity index is 2220. The third-order valence-corrected chi connectivity index (χ3v) is 12.0. The zero-order chi connectivity index (χ0) is 31.6. The Morgan fingerprint density at radius 1 is 0.625 bits per heavy atom. The van der Waals surface area contributed by atoms with Crippen LogP contribution >= 0.6 is 0 Å². The Hall–Kier alpha value is -5.30. The fourth-order valence-electron chi connectivity index (χ4n) is 10.1. The van der Waals surface area contributed by atoms with E-state index >= 15 is 0 Å². The van der Waals surface area contributed by atoms with Gasteiger partial charge in [0.15, 0.2) is 5.58 Å². The van der Waals surface area contributed by atoms with Crippen molar-refractivity contribution in [2.24, 2.45) is 0 Å². The van der Waals surface area contributed by atoms with Crippen molar-refractivity contribution >= 4 is 39.0 Å². The lowest BCUT2D eigenvalue weighted by atomic mass is 9.71. The molecule has 0 aliphatic carbocycles. The highest BCUT2D eigenvalue weighted by Gasteiger charge is 2.63. The molecule has 1 saturated heterocycles. The summed E-state index contributed by atoms with van der Waals surface area (Å²) < 4.78 is 6.88. The summed E-state index contributed by atoms with van der Waals surface area (Å²) in [6.07, 6.45) is 18.3. The fraction of sp³-hybridized carbons (Fsp3) is 0.268. The minimum atomic E-state index is -0.310. The summed E-state index contributed by atoms with van der Waals surface area (Å²) in [5, 5.41) is 2.35. The maximum absolute atomic E-state index is 6.88.